The third-order valence-electron chi connectivity index (χ3n) is 5.29. The highest BCUT2D eigenvalue weighted by Crippen LogP contribution is 2.29. The number of carbonyl (C=O) groups excluding carboxylic acids is 1. The minimum absolute atomic E-state index is 0.136. The normalized spacial score (nSPS) is 21.0. The maximum absolute atomic E-state index is 10.9. The number of allylic oxidation sites excluding steroid dienone is 4. The minimum Gasteiger partial charge on any atom is -0.465 e. The van der Waals surface area contributed by atoms with Crippen LogP contribution in [-0.4, -0.2) is 43.7 Å². The van der Waals surface area contributed by atoms with Crippen molar-refractivity contribution >= 4 is 5.97 Å². The van der Waals surface area contributed by atoms with Gasteiger partial charge in [-0.3, -0.25) is 15.6 Å². The van der Waals surface area contributed by atoms with Gasteiger partial charge >= 0.3 is 5.97 Å². The molecule has 3 fully saturated rings. The second-order valence-electron chi connectivity index (χ2n) is 9.02. The van der Waals surface area contributed by atoms with Crippen molar-refractivity contribution in [1.82, 2.24) is 15.8 Å². The molecule has 0 spiro atoms. The Labute approximate surface area is 172 Å². The minimum atomic E-state index is -0.246. The van der Waals surface area contributed by atoms with Crippen molar-refractivity contribution in [2.24, 2.45) is 11.3 Å². The van der Waals surface area contributed by atoms with Crippen LogP contribution in [0.1, 0.15) is 60.3 Å². The smallest absolute Gasteiger partial charge is 0.302 e. The third kappa shape index (κ3) is 9.07. The van der Waals surface area contributed by atoms with Gasteiger partial charge in [0, 0.05) is 44.2 Å². The lowest BCUT2D eigenvalue weighted by atomic mass is 9.79. The van der Waals surface area contributed by atoms with Crippen LogP contribution in [0, 0.1) is 11.3 Å². The molecule has 3 rings (SSSR count). The highest BCUT2D eigenvalue weighted by Gasteiger charge is 2.32. The number of nitrogens with one attached hydrogen (secondary N) is 2. The number of hydrogen-bond donors (Lipinski definition) is 2. The first-order valence-electron chi connectivity index (χ1n) is 10.4. The number of hydrogen-bond acceptors (Lipinski definition) is 5. The zero-order chi connectivity index (χ0) is 21.3. The first-order valence-corrected chi connectivity index (χ1v) is 10.4. The highest BCUT2D eigenvalue weighted by atomic mass is 16.5. The average molecular weight is 392 g/mol. The topological polar surface area (TPSA) is 53.6 Å². The van der Waals surface area contributed by atoms with Gasteiger partial charge in [-0.05, 0) is 55.7 Å². The van der Waals surface area contributed by atoms with Crippen LogP contribution in [0.3, 0.4) is 0 Å². The molecule has 0 amide bonds. The molecule has 0 radical (unpaired) electrons. The van der Waals surface area contributed by atoms with Crippen molar-refractivity contribution in [3.8, 4) is 0 Å². The fraction of sp³-hybridized carbons (Fsp3) is 0.696. The van der Waals surface area contributed by atoms with E-state index >= 15 is 0 Å². The summed E-state index contributed by atoms with van der Waals surface area (Å²) in [6.07, 6.45) is 6.75. The fourth-order valence-corrected chi connectivity index (χ4v) is 3.38. The van der Waals surface area contributed by atoms with E-state index in [-0.39, 0.29) is 11.4 Å². The molecule has 2 N–H and O–H groups in total. The largest absolute Gasteiger partial charge is 0.465 e. The quantitative estimate of drug-likeness (QED) is 0.456. The van der Waals surface area contributed by atoms with Crippen LogP contribution in [0.4, 0.5) is 0 Å². The second kappa shape index (κ2) is 11.4. The van der Waals surface area contributed by atoms with Crippen molar-refractivity contribution in [2.75, 3.05) is 26.7 Å². The number of nitrogens with zero attached hydrogens (tertiary/aromatic N) is 1. The predicted molar refractivity (Wildman–Crippen MR) is 118 cm³/mol. The number of ether oxygens (including phenoxy) is 1. The second-order valence-corrected chi connectivity index (χ2v) is 9.02. The van der Waals surface area contributed by atoms with E-state index in [1.165, 1.54) is 32.0 Å². The van der Waals surface area contributed by atoms with Gasteiger partial charge in [-0.25, -0.2) is 0 Å². The Morgan fingerprint density at radius 2 is 1.93 bits per heavy atom. The highest BCUT2D eigenvalue weighted by molar-refractivity contribution is 5.65. The van der Waals surface area contributed by atoms with Gasteiger partial charge in [-0.2, -0.15) is 0 Å². The van der Waals surface area contributed by atoms with Gasteiger partial charge in [0.25, 0.3) is 0 Å². The van der Waals surface area contributed by atoms with Crippen molar-refractivity contribution in [2.45, 2.75) is 66.3 Å². The number of fused-ring (bicyclic) bond motifs is 2. The Bertz CT molecular complexity index is 561. The summed E-state index contributed by atoms with van der Waals surface area (Å²) in [4.78, 5) is 13.1. The summed E-state index contributed by atoms with van der Waals surface area (Å²) in [5.74, 6) is 0.760. The van der Waals surface area contributed by atoms with Crippen LogP contribution in [0.25, 0.3) is 0 Å². The maximum Gasteiger partial charge on any atom is 0.302 e. The number of hydrazine groups is 1. The molecule has 0 atom stereocenters. The number of carbonyl (C=O) groups is 1. The van der Waals surface area contributed by atoms with Gasteiger partial charge in [-0.1, -0.05) is 33.9 Å². The van der Waals surface area contributed by atoms with Crippen LogP contribution >= 0.6 is 0 Å². The summed E-state index contributed by atoms with van der Waals surface area (Å²) in [6.45, 7) is 20.6. The van der Waals surface area contributed by atoms with Crippen molar-refractivity contribution < 1.29 is 9.53 Å². The summed E-state index contributed by atoms with van der Waals surface area (Å²) in [5, 5.41) is 0. The van der Waals surface area contributed by atoms with E-state index in [9.17, 15) is 4.79 Å². The van der Waals surface area contributed by atoms with Crippen molar-refractivity contribution in [1.29, 1.82) is 0 Å². The van der Waals surface area contributed by atoms with Crippen LogP contribution in [0.2, 0.25) is 0 Å². The standard InChI is InChI=1S/C18H31NO2.C5H10N2/c1-9-10-19(8)16(4)11-14(2)15(3)12-18(6,7)13-21-17(5)20;1-4-2-5(1)7-6-3-4/h11H,2-3,9-10,12-13H2,1,4-8H3;4-7H,1-3H2/b16-11+;. The Hall–Kier alpha value is -1.59. The molecule has 5 heteroatoms. The lowest BCUT2D eigenvalue weighted by Crippen LogP contribution is -2.58. The lowest BCUT2D eigenvalue weighted by Gasteiger charge is -2.41. The molecular formula is C23H41N3O2. The molecule has 0 aromatic rings. The van der Waals surface area contributed by atoms with Gasteiger partial charge in [0.05, 0.1) is 6.61 Å². The first kappa shape index (κ1) is 24.4. The van der Waals surface area contributed by atoms with Crippen LogP contribution in [0.15, 0.2) is 36.1 Å². The van der Waals surface area contributed by atoms with Gasteiger partial charge in [-0.15, -0.1) is 0 Å². The molecule has 2 heterocycles. The first-order chi connectivity index (χ1) is 13.0. The summed E-state index contributed by atoms with van der Waals surface area (Å²) in [6, 6.07) is 0.818. The Kier molecular flexibility index (Phi) is 9.97. The van der Waals surface area contributed by atoms with E-state index in [0.717, 1.165) is 42.5 Å². The van der Waals surface area contributed by atoms with E-state index in [1.807, 2.05) is 0 Å². The summed E-state index contributed by atoms with van der Waals surface area (Å²) < 4.78 is 5.11. The fourth-order valence-electron chi connectivity index (χ4n) is 3.38. The SMILES string of the molecule is C1NNC2CC1C2.C=C(/C=C(\C)N(C)CCC)C(=C)CC(C)(C)COC(C)=O. The van der Waals surface area contributed by atoms with Crippen LogP contribution in [0.5, 0.6) is 0 Å². The molecule has 1 aliphatic carbocycles. The number of esters is 1. The maximum atomic E-state index is 10.9. The monoisotopic (exact) mass is 391 g/mol. The third-order valence-corrected chi connectivity index (χ3v) is 5.29. The molecule has 0 aromatic carbocycles. The molecular weight excluding hydrogens is 350 g/mol. The lowest BCUT2D eigenvalue weighted by molar-refractivity contribution is -0.143. The summed E-state index contributed by atoms with van der Waals surface area (Å²) in [7, 11) is 2.08. The van der Waals surface area contributed by atoms with E-state index in [1.54, 1.807) is 0 Å². The summed E-state index contributed by atoms with van der Waals surface area (Å²) in [5.41, 5.74) is 9.30. The predicted octanol–water partition coefficient (Wildman–Crippen LogP) is 4.20. The van der Waals surface area contributed by atoms with E-state index in [4.69, 9.17) is 4.74 Å². The van der Waals surface area contributed by atoms with Crippen LogP contribution < -0.4 is 10.9 Å². The Morgan fingerprint density at radius 3 is 2.32 bits per heavy atom. The molecule has 2 bridgehead atoms. The van der Waals surface area contributed by atoms with Crippen molar-refractivity contribution in [3.63, 3.8) is 0 Å². The molecule has 3 aliphatic rings. The molecule has 2 aliphatic heterocycles. The van der Waals surface area contributed by atoms with Crippen LogP contribution in [-0.2, 0) is 9.53 Å². The molecule has 1 saturated carbocycles. The van der Waals surface area contributed by atoms with E-state index < -0.39 is 0 Å². The zero-order valence-electron chi connectivity index (χ0n) is 18.9. The average Bonchev–Trinajstić information content (AvgIpc) is 2.60. The Morgan fingerprint density at radius 1 is 1.29 bits per heavy atom. The molecule has 5 nitrogen and oxygen atoms in total. The van der Waals surface area contributed by atoms with Gasteiger partial charge in [0.15, 0.2) is 0 Å². The molecule has 28 heavy (non-hydrogen) atoms. The number of rotatable bonds is 9. The van der Waals surface area contributed by atoms with Gasteiger partial charge in [0.1, 0.15) is 0 Å². The Balaban J connectivity index is 0.000000453. The van der Waals surface area contributed by atoms with E-state index in [2.05, 4.69) is 69.7 Å². The van der Waals surface area contributed by atoms with Gasteiger partial charge < -0.3 is 9.64 Å². The van der Waals surface area contributed by atoms with Crippen molar-refractivity contribution in [3.05, 3.63) is 36.1 Å². The molecule has 0 aromatic heterocycles. The molecule has 0 unspecified atom stereocenters. The van der Waals surface area contributed by atoms with E-state index in [0.29, 0.717) is 6.61 Å². The summed E-state index contributed by atoms with van der Waals surface area (Å²) >= 11 is 0. The molecule has 160 valence electrons. The zero-order valence-corrected chi connectivity index (χ0v) is 18.9. The van der Waals surface area contributed by atoms with Gasteiger partial charge in [0.2, 0.25) is 0 Å². The molecule has 2 saturated heterocycles.